The standard InChI is InChI=1S/C12H11FN4O/c13-7-4-5-10(14-6-7)16-12-15-9-3-1-2-8(9)11(18)17-12/h4-6H,1-3H2,(H2,14,15,16,17,18). The highest BCUT2D eigenvalue weighted by atomic mass is 19.1. The second kappa shape index (κ2) is 4.21. The predicted octanol–water partition coefficient (Wildman–Crippen LogP) is 1.54. The monoisotopic (exact) mass is 246 g/mol. The van der Waals surface area contributed by atoms with Gasteiger partial charge in [-0.3, -0.25) is 9.78 Å². The van der Waals surface area contributed by atoms with Gasteiger partial charge in [-0.05, 0) is 31.4 Å². The molecule has 18 heavy (non-hydrogen) atoms. The number of anilines is 2. The molecule has 0 amide bonds. The van der Waals surface area contributed by atoms with Crippen molar-refractivity contribution in [2.75, 3.05) is 5.32 Å². The summed E-state index contributed by atoms with van der Waals surface area (Å²) in [4.78, 5) is 22.6. The summed E-state index contributed by atoms with van der Waals surface area (Å²) < 4.78 is 12.7. The van der Waals surface area contributed by atoms with E-state index in [9.17, 15) is 9.18 Å². The molecular formula is C12H11FN4O. The number of halogens is 1. The molecule has 0 spiro atoms. The number of pyridine rings is 1. The Kier molecular flexibility index (Phi) is 2.55. The lowest BCUT2D eigenvalue weighted by Crippen LogP contribution is -2.16. The lowest BCUT2D eigenvalue weighted by atomic mass is 10.3. The summed E-state index contributed by atoms with van der Waals surface area (Å²) in [6, 6.07) is 2.78. The van der Waals surface area contributed by atoms with Crippen molar-refractivity contribution >= 4 is 11.8 Å². The van der Waals surface area contributed by atoms with Crippen LogP contribution in [0.15, 0.2) is 23.1 Å². The van der Waals surface area contributed by atoms with Crippen LogP contribution < -0.4 is 10.9 Å². The number of hydrogen-bond donors (Lipinski definition) is 2. The third-order valence-corrected chi connectivity index (χ3v) is 2.92. The van der Waals surface area contributed by atoms with Crippen molar-refractivity contribution in [1.29, 1.82) is 0 Å². The van der Waals surface area contributed by atoms with E-state index in [1.54, 1.807) is 0 Å². The largest absolute Gasteiger partial charge is 0.310 e. The number of H-pyrrole nitrogens is 1. The van der Waals surface area contributed by atoms with Crippen molar-refractivity contribution in [3.63, 3.8) is 0 Å². The first-order valence-corrected chi connectivity index (χ1v) is 5.73. The molecule has 5 nitrogen and oxygen atoms in total. The van der Waals surface area contributed by atoms with Crippen LogP contribution in [-0.2, 0) is 12.8 Å². The quantitative estimate of drug-likeness (QED) is 0.843. The average molecular weight is 246 g/mol. The maximum absolute atomic E-state index is 12.7. The third kappa shape index (κ3) is 1.97. The Morgan fingerprint density at radius 3 is 3.00 bits per heavy atom. The lowest BCUT2D eigenvalue weighted by molar-refractivity contribution is 0.622. The van der Waals surface area contributed by atoms with E-state index in [1.165, 1.54) is 12.1 Å². The molecule has 2 N–H and O–H groups in total. The highest BCUT2D eigenvalue weighted by Crippen LogP contribution is 2.18. The summed E-state index contributed by atoms with van der Waals surface area (Å²) in [7, 11) is 0. The van der Waals surface area contributed by atoms with Gasteiger partial charge in [0.25, 0.3) is 5.56 Å². The maximum atomic E-state index is 12.7. The average Bonchev–Trinajstić information content (AvgIpc) is 2.81. The highest BCUT2D eigenvalue weighted by Gasteiger charge is 2.17. The number of rotatable bonds is 2. The summed E-state index contributed by atoms with van der Waals surface area (Å²) >= 11 is 0. The molecule has 0 aliphatic heterocycles. The van der Waals surface area contributed by atoms with Crippen LogP contribution in [0, 0.1) is 5.82 Å². The first-order valence-electron chi connectivity index (χ1n) is 5.73. The smallest absolute Gasteiger partial charge is 0.255 e. The summed E-state index contributed by atoms with van der Waals surface area (Å²) in [5.41, 5.74) is 1.50. The van der Waals surface area contributed by atoms with Gasteiger partial charge >= 0.3 is 0 Å². The van der Waals surface area contributed by atoms with Crippen LogP contribution in [0.2, 0.25) is 0 Å². The molecule has 0 bridgehead atoms. The number of nitrogens with zero attached hydrogens (tertiary/aromatic N) is 2. The second-order valence-electron chi connectivity index (χ2n) is 4.18. The van der Waals surface area contributed by atoms with Gasteiger partial charge in [-0.15, -0.1) is 0 Å². The second-order valence-corrected chi connectivity index (χ2v) is 4.18. The van der Waals surface area contributed by atoms with Crippen LogP contribution in [0.5, 0.6) is 0 Å². The minimum atomic E-state index is -0.407. The first-order chi connectivity index (χ1) is 8.72. The van der Waals surface area contributed by atoms with Crippen LogP contribution in [0.3, 0.4) is 0 Å². The molecule has 92 valence electrons. The molecule has 6 heteroatoms. The third-order valence-electron chi connectivity index (χ3n) is 2.92. The molecule has 1 aliphatic carbocycles. The van der Waals surface area contributed by atoms with E-state index in [4.69, 9.17) is 0 Å². The van der Waals surface area contributed by atoms with E-state index in [0.29, 0.717) is 11.8 Å². The highest BCUT2D eigenvalue weighted by molar-refractivity contribution is 5.47. The fraction of sp³-hybridized carbons (Fsp3) is 0.250. The van der Waals surface area contributed by atoms with Gasteiger partial charge in [-0.1, -0.05) is 0 Å². The zero-order valence-electron chi connectivity index (χ0n) is 9.53. The topological polar surface area (TPSA) is 70.7 Å². The summed E-state index contributed by atoms with van der Waals surface area (Å²) in [6.45, 7) is 0. The molecule has 0 aromatic carbocycles. The van der Waals surface area contributed by atoms with Crippen molar-refractivity contribution in [1.82, 2.24) is 15.0 Å². The summed E-state index contributed by atoms with van der Waals surface area (Å²) in [6.07, 6.45) is 3.68. The Labute approximate surface area is 102 Å². The summed E-state index contributed by atoms with van der Waals surface area (Å²) in [5, 5.41) is 2.86. The van der Waals surface area contributed by atoms with E-state index < -0.39 is 5.82 Å². The fourth-order valence-electron chi connectivity index (χ4n) is 2.07. The Balaban J connectivity index is 1.92. The molecule has 3 rings (SSSR count). The zero-order chi connectivity index (χ0) is 12.5. The van der Waals surface area contributed by atoms with Gasteiger partial charge in [0.1, 0.15) is 11.6 Å². The van der Waals surface area contributed by atoms with Crippen LogP contribution in [0.1, 0.15) is 17.7 Å². The minimum absolute atomic E-state index is 0.109. The van der Waals surface area contributed by atoms with Crippen molar-refractivity contribution < 1.29 is 4.39 Å². The van der Waals surface area contributed by atoms with Gasteiger partial charge in [0.2, 0.25) is 5.95 Å². The van der Waals surface area contributed by atoms with Crippen LogP contribution in [0.25, 0.3) is 0 Å². The molecule has 1 aliphatic rings. The number of aromatic nitrogens is 3. The van der Waals surface area contributed by atoms with E-state index in [1.807, 2.05) is 0 Å². The number of aromatic amines is 1. The molecule has 0 saturated heterocycles. The molecular weight excluding hydrogens is 235 g/mol. The van der Waals surface area contributed by atoms with Crippen molar-refractivity contribution in [3.8, 4) is 0 Å². The Hall–Kier alpha value is -2.24. The normalized spacial score (nSPS) is 13.4. The molecule has 0 saturated carbocycles. The zero-order valence-corrected chi connectivity index (χ0v) is 9.53. The number of hydrogen-bond acceptors (Lipinski definition) is 4. The number of fused-ring (bicyclic) bond motifs is 1. The SMILES string of the molecule is O=c1[nH]c(Nc2ccc(F)cn2)nc2c1CCC2. The minimum Gasteiger partial charge on any atom is -0.310 e. The predicted molar refractivity (Wildman–Crippen MR) is 64.4 cm³/mol. The van der Waals surface area contributed by atoms with Crippen molar-refractivity contribution in [3.05, 3.63) is 45.8 Å². The van der Waals surface area contributed by atoms with Crippen molar-refractivity contribution in [2.45, 2.75) is 19.3 Å². The van der Waals surface area contributed by atoms with Crippen molar-refractivity contribution in [2.24, 2.45) is 0 Å². The lowest BCUT2D eigenvalue weighted by Gasteiger charge is -2.06. The molecule has 0 unspecified atom stereocenters. The number of nitrogens with one attached hydrogen (secondary N) is 2. The van der Waals surface area contributed by atoms with E-state index in [-0.39, 0.29) is 5.56 Å². The summed E-state index contributed by atoms with van der Waals surface area (Å²) in [5.74, 6) is 0.383. The molecule has 0 fully saturated rings. The van der Waals surface area contributed by atoms with Gasteiger partial charge in [-0.25, -0.2) is 14.4 Å². The van der Waals surface area contributed by atoms with E-state index >= 15 is 0 Å². The van der Waals surface area contributed by atoms with Gasteiger partial charge in [-0.2, -0.15) is 0 Å². The van der Waals surface area contributed by atoms with Gasteiger partial charge < -0.3 is 5.32 Å². The Morgan fingerprint density at radius 1 is 1.33 bits per heavy atom. The molecule has 0 radical (unpaired) electrons. The van der Waals surface area contributed by atoms with Crippen LogP contribution in [-0.4, -0.2) is 15.0 Å². The van der Waals surface area contributed by atoms with E-state index in [0.717, 1.165) is 36.7 Å². The maximum Gasteiger partial charge on any atom is 0.255 e. The van der Waals surface area contributed by atoms with Gasteiger partial charge in [0, 0.05) is 5.56 Å². The molecule has 0 atom stereocenters. The van der Waals surface area contributed by atoms with Gasteiger partial charge in [0.05, 0.1) is 11.9 Å². The first kappa shape index (κ1) is 10.9. The van der Waals surface area contributed by atoms with Crippen LogP contribution >= 0.6 is 0 Å². The fourth-order valence-corrected chi connectivity index (χ4v) is 2.07. The molecule has 2 aromatic heterocycles. The van der Waals surface area contributed by atoms with E-state index in [2.05, 4.69) is 20.3 Å². The Morgan fingerprint density at radius 2 is 2.22 bits per heavy atom. The number of aryl methyl sites for hydroxylation is 1. The van der Waals surface area contributed by atoms with Crippen LogP contribution in [0.4, 0.5) is 16.2 Å². The molecule has 2 heterocycles. The van der Waals surface area contributed by atoms with Gasteiger partial charge in [0.15, 0.2) is 0 Å². The molecule has 2 aromatic rings. The Bertz CT molecular complexity index is 636.